The standard InChI is InChI=1S/C33H51NO4/c1-3-4-5-6-7-8-9-10-11-12-13-14-15-19-25-34-30(33(35)36)26-29-23-20-24-31(37-2)32(29)38-27-28-21-17-16-18-22-28/h16-18,20-24,30,34H,3-15,19,25-27H2,1-2H3,(H,35,36). The Kier molecular flexibility index (Phi) is 17.0. The third kappa shape index (κ3) is 13.3. The van der Waals surface area contributed by atoms with Crippen LogP contribution in [0.3, 0.4) is 0 Å². The summed E-state index contributed by atoms with van der Waals surface area (Å²) in [6.07, 6.45) is 18.8. The van der Waals surface area contributed by atoms with Crippen LogP contribution in [0.15, 0.2) is 48.5 Å². The summed E-state index contributed by atoms with van der Waals surface area (Å²) >= 11 is 0. The van der Waals surface area contributed by atoms with Gasteiger partial charge in [0.15, 0.2) is 11.5 Å². The van der Waals surface area contributed by atoms with Crippen LogP contribution in [-0.2, 0) is 17.8 Å². The predicted octanol–water partition coefficient (Wildman–Crippen LogP) is 8.34. The number of carboxylic acids is 1. The monoisotopic (exact) mass is 525 g/mol. The van der Waals surface area contributed by atoms with Crippen molar-refractivity contribution in [1.29, 1.82) is 0 Å². The first-order valence-corrected chi connectivity index (χ1v) is 14.9. The smallest absolute Gasteiger partial charge is 0.321 e. The minimum Gasteiger partial charge on any atom is -0.493 e. The molecule has 0 amide bonds. The van der Waals surface area contributed by atoms with Gasteiger partial charge in [0.1, 0.15) is 12.6 Å². The minimum atomic E-state index is -0.841. The molecule has 1 atom stereocenters. The van der Waals surface area contributed by atoms with Crippen molar-refractivity contribution < 1.29 is 19.4 Å². The average Bonchev–Trinajstić information content (AvgIpc) is 2.93. The van der Waals surface area contributed by atoms with Crippen molar-refractivity contribution in [3.05, 3.63) is 59.7 Å². The summed E-state index contributed by atoms with van der Waals surface area (Å²) in [5.41, 5.74) is 1.89. The van der Waals surface area contributed by atoms with Crippen molar-refractivity contribution in [3.8, 4) is 11.5 Å². The van der Waals surface area contributed by atoms with Crippen molar-refractivity contribution in [2.45, 2.75) is 116 Å². The molecule has 0 aliphatic rings. The zero-order chi connectivity index (χ0) is 27.3. The lowest BCUT2D eigenvalue weighted by molar-refractivity contribution is -0.139. The fourth-order valence-corrected chi connectivity index (χ4v) is 4.84. The van der Waals surface area contributed by atoms with E-state index < -0.39 is 12.0 Å². The largest absolute Gasteiger partial charge is 0.493 e. The summed E-state index contributed by atoms with van der Waals surface area (Å²) < 4.78 is 11.6. The quantitative estimate of drug-likeness (QED) is 0.143. The van der Waals surface area contributed by atoms with E-state index in [0.29, 0.717) is 31.1 Å². The number of hydrogen-bond donors (Lipinski definition) is 2. The molecular weight excluding hydrogens is 474 g/mol. The van der Waals surface area contributed by atoms with Gasteiger partial charge in [0, 0.05) is 12.0 Å². The molecule has 5 nitrogen and oxygen atoms in total. The second kappa shape index (κ2) is 20.4. The Labute approximate surface area is 231 Å². The van der Waals surface area contributed by atoms with E-state index in [9.17, 15) is 9.90 Å². The van der Waals surface area contributed by atoms with Crippen LogP contribution in [0.4, 0.5) is 0 Å². The molecule has 0 saturated carbocycles. The van der Waals surface area contributed by atoms with E-state index in [1.807, 2.05) is 48.5 Å². The first kappa shape index (κ1) is 31.7. The van der Waals surface area contributed by atoms with E-state index in [1.165, 1.54) is 77.0 Å². The lowest BCUT2D eigenvalue weighted by Crippen LogP contribution is -2.39. The van der Waals surface area contributed by atoms with E-state index in [-0.39, 0.29) is 0 Å². The topological polar surface area (TPSA) is 67.8 Å². The van der Waals surface area contributed by atoms with Crippen molar-refractivity contribution in [1.82, 2.24) is 5.32 Å². The maximum absolute atomic E-state index is 12.0. The summed E-state index contributed by atoms with van der Waals surface area (Å²) in [4.78, 5) is 12.0. The number of nitrogens with one attached hydrogen (secondary N) is 1. The number of para-hydroxylation sites is 1. The first-order valence-electron chi connectivity index (χ1n) is 14.9. The molecule has 2 rings (SSSR count). The van der Waals surface area contributed by atoms with Gasteiger partial charge in [-0.2, -0.15) is 0 Å². The lowest BCUT2D eigenvalue weighted by Gasteiger charge is -2.19. The molecule has 0 radical (unpaired) electrons. The summed E-state index contributed by atoms with van der Waals surface area (Å²) in [7, 11) is 1.61. The molecule has 1 unspecified atom stereocenters. The highest BCUT2D eigenvalue weighted by molar-refractivity contribution is 5.74. The molecule has 0 aliphatic carbocycles. The number of rotatable bonds is 23. The maximum atomic E-state index is 12.0. The van der Waals surface area contributed by atoms with Gasteiger partial charge in [-0.3, -0.25) is 4.79 Å². The van der Waals surface area contributed by atoms with Gasteiger partial charge in [-0.05, 0) is 24.6 Å². The van der Waals surface area contributed by atoms with Crippen molar-refractivity contribution >= 4 is 5.97 Å². The van der Waals surface area contributed by atoms with Crippen molar-refractivity contribution in [3.63, 3.8) is 0 Å². The molecule has 2 aromatic carbocycles. The highest BCUT2D eigenvalue weighted by atomic mass is 16.5. The van der Waals surface area contributed by atoms with E-state index >= 15 is 0 Å². The number of hydrogen-bond acceptors (Lipinski definition) is 4. The minimum absolute atomic E-state index is 0.343. The molecule has 0 aromatic heterocycles. The van der Waals surface area contributed by atoms with Gasteiger partial charge < -0.3 is 19.9 Å². The first-order chi connectivity index (χ1) is 18.7. The number of carbonyl (C=O) groups is 1. The zero-order valence-electron chi connectivity index (χ0n) is 23.9. The average molecular weight is 526 g/mol. The van der Waals surface area contributed by atoms with Gasteiger partial charge in [0.2, 0.25) is 0 Å². The van der Waals surface area contributed by atoms with Crippen molar-refractivity contribution in [2.24, 2.45) is 0 Å². The van der Waals surface area contributed by atoms with Crippen LogP contribution >= 0.6 is 0 Å². The molecule has 0 heterocycles. The van der Waals surface area contributed by atoms with Crippen molar-refractivity contribution in [2.75, 3.05) is 13.7 Å². The SMILES string of the molecule is CCCCCCCCCCCCCCCCNC(Cc1cccc(OC)c1OCc1ccccc1)C(=O)O. The van der Waals surface area contributed by atoms with Crippen LogP contribution in [0, 0.1) is 0 Å². The molecule has 2 N–H and O–H groups in total. The molecule has 0 bridgehead atoms. The Balaban J connectivity index is 1.65. The Morgan fingerprint density at radius 1 is 0.789 bits per heavy atom. The highest BCUT2D eigenvalue weighted by Crippen LogP contribution is 2.32. The second-order valence-corrected chi connectivity index (χ2v) is 10.4. The van der Waals surface area contributed by atoms with E-state index in [2.05, 4.69) is 12.2 Å². The summed E-state index contributed by atoms with van der Waals surface area (Å²) in [5.74, 6) is 0.394. The molecule has 0 aliphatic heterocycles. The number of benzene rings is 2. The summed E-state index contributed by atoms with van der Waals surface area (Å²) in [6.45, 7) is 3.38. The Morgan fingerprint density at radius 3 is 1.92 bits per heavy atom. The second-order valence-electron chi connectivity index (χ2n) is 10.4. The number of methoxy groups -OCH3 is 1. The van der Waals surface area contributed by atoms with Crippen LogP contribution in [-0.4, -0.2) is 30.8 Å². The Hall–Kier alpha value is -2.53. The normalized spacial score (nSPS) is 11.8. The van der Waals surface area contributed by atoms with Gasteiger partial charge in [-0.15, -0.1) is 0 Å². The molecule has 0 fully saturated rings. The molecular formula is C33H51NO4. The third-order valence-electron chi connectivity index (χ3n) is 7.15. The molecule has 38 heavy (non-hydrogen) atoms. The fourth-order valence-electron chi connectivity index (χ4n) is 4.84. The van der Waals surface area contributed by atoms with Gasteiger partial charge in [0.25, 0.3) is 0 Å². The number of aliphatic carboxylic acids is 1. The van der Waals surface area contributed by atoms with Crippen LogP contribution in [0.1, 0.15) is 108 Å². The number of ether oxygens (including phenoxy) is 2. The zero-order valence-corrected chi connectivity index (χ0v) is 23.9. The van der Waals surface area contributed by atoms with Gasteiger partial charge >= 0.3 is 5.97 Å². The highest BCUT2D eigenvalue weighted by Gasteiger charge is 2.21. The van der Waals surface area contributed by atoms with Gasteiger partial charge in [0.05, 0.1) is 7.11 Å². The predicted molar refractivity (Wildman–Crippen MR) is 157 cm³/mol. The molecule has 212 valence electrons. The maximum Gasteiger partial charge on any atom is 0.321 e. The molecule has 5 heteroatoms. The Bertz CT molecular complexity index is 871. The van der Waals surface area contributed by atoms with Gasteiger partial charge in [-0.25, -0.2) is 0 Å². The Morgan fingerprint density at radius 2 is 1.37 bits per heavy atom. The molecule has 0 saturated heterocycles. The van der Waals surface area contributed by atoms with E-state index in [0.717, 1.165) is 24.0 Å². The molecule has 0 spiro atoms. The van der Waals surface area contributed by atoms with Crippen LogP contribution < -0.4 is 14.8 Å². The van der Waals surface area contributed by atoms with Crippen LogP contribution in [0.2, 0.25) is 0 Å². The van der Waals surface area contributed by atoms with E-state index in [1.54, 1.807) is 7.11 Å². The van der Waals surface area contributed by atoms with E-state index in [4.69, 9.17) is 9.47 Å². The number of carboxylic acid groups (broad SMARTS) is 1. The fraction of sp³-hybridized carbons (Fsp3) is 0.606. The number of unbranched alkanes of at least 4 members (excludes halogenated alkanes) is 13. The van der Waals surface area contributed by atoms with Crippen LogP contribution in [0.5, 0.6) is 11.5 Å². The van der Waals surface area contributed by atoms with Gasteiger partial charge in [-0.1, -0.05) is 133 Å². The lowest BCUT2D eigenvalue weighted by atomic mass is 10.0. The summed E-state index contributed by atoms with van der Waals surface area (Å²) in [6, 6.07) is 14.9. The molecule has 2 aromatic rings. The summed E-state index contributed by atoms with van der Waals surface area (Å²) in [5, 5.41) is 13.1. The third-order valence-corrected chi connectivity index (χ3v) is 7.15. The van der Waals surface area contributed by atoms with Crippen LogP contribution in [0.25, 0.3) is 0 Å².